The highest BCUT2D eigenvalue weighted by molar-refractivity contribution is 6.32. The van der Waals surface area contributed by atoms with E-state index >= 15 is 0 Å². The number of aromatic nitrogens is 1. The fourth-order valence-electron chi connectivity index (χ4n) is 2.34. The van der Waals surface area contributed by atoms with Crippen LogP contribution in [0, 0.1) is 6.92 Å². The van der Waals surface area contributed by atoms with Crippen LogP contribution in [0.4, 0.5) is 11.4 Å². The van der Waals surface area contributed by atoms with E-state index < -0.39 is 0 Å². The second-order valence-electron chi connectivity index (χ2n) is 4.84. The number of carbonyl (C=O) groups excluding carboxylic acids is 1. The quantitative estimate of drug-likeness (QED) is 0.835. The smallest absolute Gasteiger partial charge is 0.247 e. The Labute approximate surface area is 122 Å². The van der Waals surface area contributed by atoms with Crippen LogP contribution in [0.25, 0.3) is 0 Å². The predicted molar refractivity (Wildman–Crippen MR) is 80.2 cm³/mol. The molecule has 0 aliphatic carbocycles. The van der Waals surface area contributed by atoms with Crippen molar-refractivity contribution in [2.75, 3.05) is 10.6 Å². The lowest BCUT2D eigenvalue weighted by atomic mass is 10.1. The van der Waals surface area contributed by atoms with Crippen LogP contribution in [-0.2, 0) is 11.2 Å². The van der Waals surface area contributed by atoms with Crippen LogP contribution in [-0.4, -0.2) is 16.9 Å². The topological polar surface area (TPSA) is 54.0 Å². The summed E-state index contributed by atoms with van der Waals surface area (Å²) >= 11 is 6.02. The zero-order chi connectivity index (χ0) is 14.1. The molecule has 2 aromatic rings. The van der Waals surface area contributed by atoms with E-state index in [1.807, 2.05) is 37.3 Å². The van der Waals surface area contributed by atoms with Crippen LogP contribution in [0.5, 0.6) is 0 Å². The van der Waals surface area contributed by atoms with Crippen LogP contribution in [0.15, 0.2) is 36.5 Å². The van der Waals surface area contributed by atoms with Gasteiger partial charge in [-0.15, -0.1) is 0 Å². The number of amides is 1. The van der Waals surface area contributed by atoms with Gasteiger partial charge in [0, 0.05) is 18.3 Å². The fraction of sp³-hybridized carbons (Fsp3) is 0.200. The number of carbonyl (C=O) groups is 1. The molecule has 0 bridgehead atoms. The minimum absolute atomic E-state index is 0.0980. The molecule has 1 aliphatic heterocycles. The molecule has 20 heavy (non-hydrogen) atoms. The minimum Gasteiger partial charge on any atom is -0.373 e. The number of hydrogen-bond acceptors (Lipinski definition) is 3. The average molecular weight is 288 g/mol. The van der Waals surface area contributed by atoms with E-state index in [2.05, 4.69) is 15.6 Å². The number of nitrogens with zero attached hydrogens (tertiary/aromatic N) is 1. The maximum atomic E-state index is 12.3. The number of benzene rings is 1. The van der Waals surface area contributed by atoms with E-state index in [0.29, 0.717) is 17.3 Å². The highest BCUT2D eigenvalue weighted by Crippen LogP contribution is 2.27. The first-order chi connectivity index (χ1) is 9.65. The van der Waals surface area contributed by atoms with Gasteiger partial charge < -0.3 is 10.6 Å². The standard InChI is InChI=1S/C15H14ClN3O/c1-9-6-7-17-14(16)13(9)19-15(20)12-8-10-4-2-3-5-11(10)18-12/h2-7,12,18H,8H2,1H3,(H,19,20). The van der Waals surface area contributed by atoms with Crippen molar-refractivity contribution in [2.45, 2.75) is 19.4 Å². The molecule has 2 N–H and O–H groups in total. The second kappa shape index (κ2) is 5.13. The lowest BCUT2D eigenvalue weighted by Crippen LogP contribution is -2.33. The summed E-state index contributed by atoms with van der Waals surface area (Å²) in [4.78, 5) is 16.3. The van der Waals surface area contributed by atoms with Crippen LogP contribution < -0.4 is 10.6 Å². The number of fused-ring (bicyclic) bond motifs is 1. The normalized spacial score (nSPS) is 16.4. The third kappa shape index (κ3) is 2.34. The number of aryl methyl sites for hydroxylation is 1. The SMILES string of the molecule is Cc1ccnc(Cl)c1NC(=O)C1Cc2ccccc2N1. The molecule has 0 radical (unpaired) electrons. The molecule has 0 spiro atoms. The number of rotatable bonds is 2. The average Bonchev–Trinajstić information content (AvgIpc) is 2.87. The Morgan fingerprint density at radius 1 is 1.40 bits per heavy atom. The van der Waals surface area contributed by atoms with E-state index in [1.165, 1.54) is 0 Å². The summed E-state index contributed by atoms with van der Waals surface area (Å²) in [5, 5.41) is 6.39. The second-order valence-corrected chi connectivity index (χ2v) is 5.20. The van der Waals surface area contributed by atoms with Crippen molar-refractivity contribution in [1.82, 2.24) is 4.98 Å². The zero-order valence-corrected chi connectivity index (χ0v) is 11.7. The van der Waals surface area contributed by atoms with E-state index in [1.54, 1.807) is 6.20 Å². The Bertz CT molecular complexity index is 627. The first kappa shape index (κ1) is 12.9. The molecule has 4 nitrogen and oxygen atoms in total. The zero-order valence-electron chi connectivity index (χ0n) is 11.0. The van der Waals surface area contributed by atoms with Gasteiger partial charge in [-0.05, 0) is 30.2 Å². The first-order valence-electron chi connectivity index (χ1n) is 6.41. The van der Waals surface area contributed by atoms with Gasteiger partial charge in [0.15, 0.2) is 5.15 Å². The van der Waals surface area contributed by atoms with Gasteiger partial charge in [-0.3, -0.25) is 4.79 Å². The molecule has 102 valence electrons. The van der Waals surface area contributed by atoms with Crippen molar-refractivity contribution in [3.8, 4) is 0 Å². The van der Waals surface area contributed by atoms with Crippen molar-refractivity contribution in [1.29, 1.82) is 0 Å². The van der Waals surface area contributed by atoms with Gasteiger partial charge in [0.25, 0.3) is 0 Å². The summed E-state index contributed by atoms with van der Waals surface area (Å²) in [6.45, 7) is 1.89. The number of halogens is 1. The lowest BCUT2D eigenvalue weighted by Gasteiger charge is -2.14. The fourth-order valence-corrected chi connectivity index (χ4v) is 2.59. The summed E-state index contributed by atoms with van der Waals surface area (Å²) in [5.74, 6) is -0.0980. The molecule has 0 saturated heterocycles. The van der Waals surface area contributed by atoms with Crippen molar-refractivity contribution >= 4 is 28.9 Å². The largest absolute Gasteiger partial charge is 0.373 e. The number of hydrogen-bond donors (Lipinski definition) is 2. The van der Waals surface area contributed by atoms with Crippen LogP contribution >= 0.6 is 11.6 Å². The summed E-state index contributed by atoms with van der Waals surface area (Å²) < 4.78 is 0. The molecule has 1 aromatic heterocycles. The molecule has 1 unspecified atom stereocenters. The van der Waals surface area contributed by atoms with Gasteiger partial charge in [-0.2, -0.15) is 0 Å². The molecule has 1 amide bonds. The van der Waals surface area contributed by atoms with Gasteiger partial charge in [0.05, 0.1) is 5.69 Å². The van der Waals surface area contributed by atoms with Gasteiger partial charge in [0.1, 0.15) is 6.04 Å². The number of nitrogens with one attached hydrogen (secondary N) is 2. The molecule has 0 fully saturated rings. The van der Waals surface area contributed by atoms with Gasteiger partial charge >= 0.3 is 0 Å². The highest BCUT2D eigenvalue weighted by Gasteiger charge is 2.27. The van der Waals surface area contributed by atoms with E-state index in [0.717, 1.165) is 16.8 Å². The van der Waals surface area contributed by atoms with E-state index in [9.17, 15) is 4.79 Å². The van der Waals surface area contributed by atoms with Crippen molar-refractivity contribution < 1.29 is 4.79 Å². The molecule has 3 rings (SSSR count). The first-order valence-corrected chi connectivity index (χ1v) is 6.79. The minimum atomic E-state index is -0.275. The third-order valence-corrected chi connectivity index (χ3v) is 3.74. The predicted octanol–water partition coefficient (Wildman–Crippen LogP) is 3.02. The van der Waals surface area contributed by atoms with Crippen LogP contribution in [0.3, 0.4) is 0 Å². The van der Waals surface area contributed by atoms with E-state index in [-0.39, 0.29) is 11.9 Å². The Morgan fingerprint density at radius 2 is 2.20 bits per heavy atom. The Balaban J connectivity index is 1.76. The summed E-state index contributed by atoms with van der Waals surface area (Å²) in [7, 11) is 0. The van der Waals surface area contributed by atoms with Crippen molar-refractivity contribution in [3.05, 3.63) is 52.8 Å². The Kier molecular flexibility index (Phi) is 3.32. The molecule has 1 aromatic carbocycles. The molecule has 2 heterocycles. The maximum Gasteiger partial charge on any atom is 0.247 e. The van der Waals surface area contributed by atoms with Crippen LogP contribution in [0.1, 0.15) is 11.1 Å². The highest BCUT2D eigenvalue weighted by atomic mass is 35.5. The Hall–Kier alpha value is -2.07. The Morgan fingerprint density at radius 3 is 2.95 bits per heavy atom. The molecule has 1 atom stereocenters. The lowest BCUT2D eigenvalue weighted by molar-refractivity contribution is -0.116. The van der Waals surface area contributed by atoms with Crippen molar-refractivity contribution in [2.24, 2.45) is 0 Å². The number of pyridine rings is 1. The molecular formula is C15H14ClN3O. The molecule has 5 heteroatoms. The summed E-state index contributed by atoms with van der Waals surface area (Å²) in [6.07, 6.45) is 2.30. The monoisotopic (exact) mass is 287 g/mol. The molecular weight excluding hydrogens is 274 g/mol. The summed E-state index contributed by atoms with van der Waals surface area (Å²) in [6, 6.07) is 9.47. The number of para-hydroxylation sites is 1. The van der Waals surface area contributed by atoms with E-state index in [4.69, 9.17) is 11.6 Å². The third-order valence-electron chi connectivity index (χ3n) is 3.45. The number of anilines is 2. The van der Waals surface area contributed by atoms with Gasteiger partial charge in [-0.1, -0.05) is 29.8 Å². The molecule has 1 aliphatic rings. The van der Waals surface area contributed by atoms with Crippen molar-refractivity contribution in [3.63, 3.8) is 0 Å². The van der Waals surface area contributed by atoms with Gasteiger partial charge in [0.2, 0.25) is 5.91 Å². The van der Waals surface area contributed by atoms with Crippen LogP contribution in [0.2, 0.25) is 5.15 Å². The summed E-state index contributed by atoms with van der Waals surface area (Å²) in [5.41, 5.74) is 3.65. The van der Waals surface area contributed by atoms with Gasteiger partial charge in [-0.25, -0.2) is 4.98 Å². The molecule has 0 saturated carbocycles. The maximum absolute atomic E-state index is 12.3.